The predicted molar refractivity (Wildman–Crippen MR) is 79.0 cm³/mol. The number of alkyl halides is 3. The minimum absolute atomic E-state index is 0.175. The Hall–Kier alpha value is -1.03. The smallest absolute Gasteiger partial charge is 0.310 e. The number of halogens is 3. The van der Waals surface area contributed by atoms with Crippen molar-refractivity contribution in [2.24, 2.45) is 11.8 Å². The maximum atomic E-state index is 12.7. The summed E-state index contributed by atoms with van der Waals surface area (Å²) >= 11 is 0. The second kappa shape index (κ2) is 6.82. The van der Waals surface area contributed by atoms with Crippen LogP contribution < -0.4 is 5.32 Å². The van der Waals surface area contributed by atoms with Gasteiger partial charge in [0.15, 0.2) is 0 Å². The SMILES string of the molecule is CCNC(c1ccc(C(F)(F)F)cc1)C1CCC(CC)C1. The van der Waals surface area contributed by atoms with E-state index >= 15 is 0 Å². The minimum atomic E-state index is -4.26. The number of benzene rings is 1. The maximum Gasteiger partial charge on any atom is 0.416 e. The minimum Gasteiger partial charge on any atom is -0.310 e. The van der Waals surface area contributed by atoms with Crippen LogP contribution in [0.25, 0.3) is 0 Å². The summed E-state index contributed by atoms with van der Waals surface area (Å²) in [6.45, 7) is 5.09. The second-order valence-electron chi connectivity index (χ2n) is 6.00. The lowest BCUT2D eigenvalue weighted by Gasteiger charge is -2.25. The van der Waals surface area contributed by atoms with E-state index in [1.165, 1.54) is 31.4 Å². The fourth-order valence-corrected chi connectivity index (χ4v) is 3.44. The number of rotatable bonds is 5. The molecule has 1 aliphatic rings. The third-order valence-electron chi connectivity index (χ3n) is 4.65. The van der Waals surface area contributed by atoms with E-state index in [1.54, 1.807) is 12.1 Å². The Morgan fingerprint density at radius 1 is 1.14 bits per heavy atom. The van der Waals surface area contributed by atoms with Crippen molar-refractivity contribution in [3.05, 3.63) is 35.4 Å². The lowest BCUT2D eigenvalue weighted by molar-refractivity contribution is -0.137. The van der Waals surface area contributed by atoms with Gasteiger partial charge in [0.05, 0.1) is 5.56 Å². The van der Waals surface area contributed by atoms with Crippen molar-refractivity contribution in [3.63, 3.8) is 0 Å². The van der Waals surface area contributed by atoms with Crippen LogP contribution in [-0.2, 0) is 6.18 Å². The first-order chi connectivity index (χ1) is 9.95. The second-order valence-corrected chi connectivity index (χ2v) is 6.00. The van der Waals surface area contributed by atoms with Crippen LogP contribution in [0, 0.1) is 11.8 Å². The molecular weight excluding hydrogens is 275 g/mol. The van der Waals surface area contributed by atoms with Crippen molar-refractivity contribution in [2.45, 2.75) is 51.7 Å². The molecule has 1 N–H and O–H groups in total. The Labute approximate surface area is 124 Å². The van der Waals surface area contributed by atoms with E-state index in [0.717, 1.165) is 24.4 Å². The molecule has 0 saturated heterocycles. The Kier molecular flexibility index (Phi) is 5.31. The molecule has 1 aliphatic carbocycles. The Bertz CT molecular complexity index is 438. The largest absolute Gasteiger partial charge is 0.416 e. The molecule has 0 aromatic heterocycles. The van der Waals surface area contributed by atoms with Gasteiger partial charge in [-0.05, 0) is 48.9 Å². The van der Waals surface area contributed by atoms with Gasteiger partial charge in [0, 0.05) is 6.04 Å². The van der Waals surface area contributed by atoms with Gasteiger partial charge in [-0.2, -0.15) is 13.2 Å². The molecule has 21 heavy (non-hydrogen) atoms. The van der Waals surface area contributed by atoms with E-state index in [1.807, 2.05) is 6.92 Å². The van der Waals surface area contributed by atoms with Gasteiger partial charge in [0.1, 0.15) is 0 Å². The Morgan fingerprint density at radius 2 is 1.81 bits per heavy atom. The quantitative estimate of drug-likeness (QED) is 0.789. The third kappa shape index (κ3) is 4.00. The third-order valence-corrected chi connectivity index (χ3v) is 4.65. The van der Waals surface area contributed by atoms with Gasteiger partial charge >= 0.3 is 6.18 Å². The molecule has 118 valence electrons. The van der Waals surface area contributed by atoms with E-state index in [0.29, 0.717) is 5.92 Å². The van der Waals surface area contributed by atoms with E-state index in [2.05, 4.69) is 12.2 Å². The highest BCUT2D eigenvalue weighted by Gasteiger charge is 2.32. The van der Waals surface area contributed by atoms with Crippen molar-refractivity contribution in [3.8, 4) is 0 Å². The topological polar surface area (TPSA) is 12.0 Å². The fraction of sp³-hybridized carbons (Fsp3) is 0.647. The van der Waals surface area contributed by atoms with Crippen LogP contribution in [0.4, 0.5) is 13.2 Å². The molecular formula is C17H24F3N. The van der Waals surface area contributed by atoms with Gasteiger partial charge in [-0.1, -0.05) is 38.8 Å². The molecule has 0 amide bonds. The van der Waals surface area contributed by atoms with Crippen LogP contribution in [0.2, 0.25) is 0 Å². The molecule has 0 heterocycles. The summed E-state index contributed by atoms with van der Waals surface area (Å²) in [4.78, 5) is 0. The van der Waals surface area contributed by atoms with Crippen LogP contribution in [0.15, 0.2) is 24.3 Å². The van der Waals surface area contributed by atoms with Crippen molar-refractivity contribution in [1.29, 1.82) is 0 Å². The first-order valence-electron chi connectivity index (χ1n) is 7.86. The molecule has 4 heteroatoms. The number of hydrogen-bond donors (Lipinski definition) is 1. The Balaban J connectivity index is 2.15. The summed E-state index contributed by atoms with van der Waals surface area (Å²) < 4.78 is 38.0. The number of hydrogen-bond acceptors (Lipinski definition) is 1. The summed E-state index contributed by atoms with van der Waals surface area (Å²) in [5.74, 6) is 1.30. The molecule has 1 aromatic carbocycles. The molecule has 1 nitrogen and oxygen atoms in total. The van der Waals surface area contributed by atoms with Crippen LogP contribution in [0.5, 0.6) is 0 Å². The lowest BCUT2D eigenvalue weighted by Crippen LogP contribution is -2.27. The van der Waals surface area contributed by atoms with E-state index in [-0.39, 0.29) is 6.04 Å². The highest BCUT2D eigenvalue weighted by atomic mass is 19.4. The van der Waals surface area contributed by atoms with E-state index in [4.69, 9.17) is 0 Å². The van der Waals surface area contributed by atoms with Gasteiger partial charge in [-0.15, -0.1) is 0 Å². The first-order valence-corrected chi connectivity index (χ1v) is 7.86. The number of nitrogens with one attached hydrogen (secondary N) is 1. The average molecular weight is 299 g/mol. The molecule has 1 saturated carbocycles. The summed E-state index contributed by atoms with van der Waals surface area (Å²) in [5.41, 5.74) is 0.408. The highest BCUT2D eigenvalue weighted by molar-refractivity contribution is 5.27. The van der Waals surface area contributed by atoms with Gasteiger partial charge in [0.25, 0.3) is 0 Å². The molecule has 3 atom stereocenters. The summed E-state index contributed by atoms with van der Waals surface area (Å²) in [6.07, 6.45) is 0.519. The van der Waals surface area contributed by atoms with Crippen LogP contribution in [0.1, 0.15) is 56.7 Å². The molecule has 0 bridgehead atoms. The molecule has 2 rings (SSSR count). The van der Waals surface area contributed by atoms with Crippen LogP contribution in [-0.4, -0.2) is 6.54 Å². The molecule has 1 fully saturated rings. The van der Waals surface area contributed by atoms with E-state index < -0.39 is 11.7 Å². The summed E-state index contributed by atoms with van der Waals surface area (Å²) in [6, 6.07) is 5.84. The van der Waals surface area contributed by atoms with Crippen molar-refractivity contribution >= 4 is 0 Å². The summed E-state index contributed by atoms with van der Waals surface area (Å²) in [5, 5.41) is 3.46. The van der Waals surface area contributed by atoms with Crippen molar-refractivity contribution < 1.29 is 13.2 Å². The van der Waals surface area contributed by atoms with Gasteiger partial charge < -0.3 is 5.32 Å². The predicted octanol–water partition coefficient (Wildman–Crippen LogP) is 5.18. The molecule has 1 aromatic rings. The van der Waals surface area contributed by atoms with E-state index in [9.17, 15) is 13.2 Å². The van der Waals surface area contributed by atoms with Crippen molar-refractivity contribution in [2.75, 3.05) is 6.54 Å². The maximum absolute atomic E-state index is 12.7. The fourth-order valence-electron chi connectivity index (χ4n) is 3.44. The monoisotopic (exact) mass is 299 g/mol. The zero-order chi connectivity index (χ0) is 15.5. The first kappa shape index (κ1) is 16.3. The summed E-state index contributed by atoms with van der Waals surface area (Å²) in [7, 11) is 0. The standard InChI is InChI=1S/C17H24F3N/c1-3-12-5-6-14(11-12)16(21-4-2)13-7-9-15(10-8-13)17(18,19)20/h7-10,12,14,16,21H,3-6,11H2,1-2H3. The average Bonchev–Trinajstić information content (AvgIpc) is 2.92. The Morgan fingerprint density at radius 3 is 2.29 bits per heavy atom. The zero-order valence-corrected chi connectivity index (χ0v) is 12.7. The highest BCUT2D eigenvalue weighted by Crippen LogP contribution is 2.40. The van der Waals surface area contributed by atoms with Crippen molar-refractivity contribution in [1.82, 2.24) is 5.32 Å². The normalized spacial score (nSPS) is 24.2. The van der Waals surface area contributed by atoms with Crippen LogP contribution in [0.3, 0.4) is 0 Å². The zero-order valence-electron chi connectivity index (χ0n) is 12.7. The van der Waals surface area contributed by atoms with Crippen LogP contribution >= 0.6 is 0 Å². The molecule has 0 spiro atoms. The molecule has 0 aliphatic heterocycles. The van der Waals surface area contributed by atoms with Gasteiger partial charge in [-0.25, -0.2) is 0 Å². The lowest BCUT2D eigenvalue weighted by atomic mass is 9.90. The molecule has 3 unspecified atom stereocenters. The van der Waals surface area contributed by atoms with Gasteiger partial charge in [0.2, 0.25) is 0 Å². The molecule has 0 radical (unpaired) electrons. The van der Waals surface area contributed by atoms with Gasteiger partial charge in [-0.3, -0.25) is 0 Å².